The number of aromatic nitrogens is 3. The van der Waals surface area contributed by atoms with Gasteiger partial charge in [-0.1, -0.05) is 36.4 Å². The van der Waals surface area contributed by atoms with E-state index in [2.05, 4.69) is 9.97 Å². The van der Waals surface area contributed by atoms with Crippen molar-refractivity contribution in [1.82, 2.24) is 14.5 Å². The molecule has 0 aliphatic rings. The highest BCUT2D eigenvalue weighted by Gasteiger charge is 2.24. The first-order chi connectivity index (χ1) is 12.8. The fraction of sp³-hybridized carbons (Fsp3) is 0.0952. The highest BCUT2D eigenvalue weighted by Crippen LogP contribution is 2.29. The van der Waals surface area contributed by atoms with Gasteiger partial charge in [-0.15, -0.1) is 0 Å². The summed E-state index contributed by atoms with van der Waals surface area (Å²) < 4.78 is 6.97. The van der Waals surface area contributed by atoms with E-state index in [1.807, 2.05) is 65.4 Å². The third kappa shape index (κ3) is 2.84. The summed E-state index contributed by atoms with van der Waals surface area (Å²) in [6, 6.07) is 19.4. The molecule has 2 aromatic heterocycles. The van der Waals surface area contributed by atoms with E-state index in [0.29, 0.717) is 5.95 Å². The quantitative estimate of drug-likeness (QED) is 0.530. The SMILES string of the molecule is COC(=O)[C@H](c1ccccc1)c1ccc2c(ccn2-c2ncccn2)c1. The maximum Gasteiger partial charge on any atom is 0.317 e. The Bertz CT molecular complexity index is 1040. The molecule has 128 valence electrons. The molecule has 26 heavy (non-hydrogen) atoms. The first kappa shape index (κ1) is 16.0. The van der Waals surface area contributed by atoms with Crippen molar-refractivity contribution in [3.05, 3.63) is 90.4 Å². The average Bonchev–Trinajstić information content (AvgIpc) is 3.13. The largest absolute Gasteiger partial charge is 0.468 e. The van der Waals surface area contributed by atoms with Gasteiger partial charge in [0.25, 0.3) is 0 Å². The van der Waals surface area contributed by atoms with Gasteiger partial charge >= 0.3 is 5.97 Å². The molecule has 0 saturated carbocycles. The van der Waals surface area contributed by atoms with Crippen LogP contribution in [0.1, 0.15) is 17.0 Å². The van der Waals surface area contributed by atoms with Crippen LogP contribution in [0.25, 0.3) is 16.9 Å². The van der Waals surface area contributed by atoms with Gasteiger partial charge in [0.1, 0.15) is 5.92 Å². The third-order valence-electron chi connectivity index (χ3n) is 4.39. The summed E-state index contributed by atoms with van der Waals surface area (Å²) in [5, 5.41) is 1.01. The standard InChI is InChI=1S/C21H17N3O2/c1-26-20(25)19(15-6-3-2-4-7-15)17-8-9-18-16(14-17)10-13-24(18)21-22-11-5-12-23-21/h2-14,19H,1H3/t19-/m1/s1. The molecule has 0 aliphatic carbocycles. The predicted molar refractivity (Wildman–Crippen MR) is 99.2 cm³/mol. The molecule has 2 heterocycles. The molecule has 0 spiro atoms. The lowest BCUT2D eigenvalue weighted by Gasteiger charge is -2.16. The van der Waals surface area contributed by atoms with E-state index in [4.69, 9.17) is 4.74 Å². The van der Waals surface area contributed by atoms with Gasteiger partial charge in [-0.05, 0) is 35.4 Å². The van der Waals surface area contributed by atoms with Crippen LogP contribution < -0.4 is 0 Å². The first-order valence-electron chi connectivity index (χ1n) is 8.29. The van der Waals surface area contributed by atoms with Crippen LogP contribution in [0.3, 0.4) is 0 Å². The number of rotatable bonds is 4. The zero-order valence-electron chi connectivity index (χ0n) is 14.2. The Morgan fingerprint density at radius 2 is 1.73 bits per heavy atom. The summed E-state index contributed by atoms with van der Waals surface area (Å²) in [5.74, 6) is -0.119. The van der Waals surface area contributed by atoms with Gasteiger partial charge in [0.15, 0.2) is 0 Å². The lowest BCUT2D eigenvalue weighted by molar-refractivity contribution is -0.141. The van der Waals surface area contributed by atoms with Crippen LogP contribution in [0.2, 0.25) is 0 Å². The number of hydrogen-bond acceptors (Lipinski definition) is 4. The van der Waals surface area contributed by atoms with Gasteiger partial charge in [0.2, 0.25) is 5.95 Å². The molecular weight excluding hydrogens is 326 g/mol. The molecule has 0 amide bonds. The number of nitrogens with zero attached hydrogens (tertiary/aromatic N) is 3. The van der Waals surface area contributed by atoms with E-state index in [-0.39, 0.29) is 5.97 Å². The summed E-state index contributed by atoms with van der Waals surface area (Å²) in [6.45, 7) is 0. The average molecular weight is 343 g/mol. The highest BCUT2D eigenvalue weighted by atomic mass is 16.5. The molecule has 4 aromatic rings. The molecule has 0 aliphatic heterocycles. The Hall–Kier alpha value is -3.47. The second kappa shape index (κ2) is 6.80. The fourth-order valence-corrected chi connectivity index (χ4v) is 3.16. The summed E-state index contributed by atoms with van der Waals surface area (Å²) >= 11 is 0. The molecular formula is C21H17N3O2. The van der Waals surface area contributed by atoms with E-state index in [9.17, 15) is 4.79 Å². The molecule has 4 rings (SSSR count). The Labute approximate surface area is 150 Å². The predicted octanol–water partition coefficient (Wildman–Crippen LogP) is 3.73. The Kier molecular flexibility index (Phi) is 4.19. The zero-order valence-corrected chi connectivity index (χ0v) is 14.2. The molecule has 1 atom stereocenters. The summed E-state index contributed by atoms with van der Waals surface area (Å²) in [6.07, 6.45) is 5.36. The molecule has 0 N–H and O–H groups in total. The lowest BCUT2D eigenvalue weighted by Crippen LogP contribution is -2.15. The molecule has 0 bridgehead atoms. The summed E-state index contributed by atoms with van der Waals surface area (Å²) in [7, 11) is 1.42. The highest BCUT2D eigenvalue weighted by molar-refractivity contribution is 5.87. The minimum Gasteiger partial charge on any atom is -0.468 e. The van der Waals surface area contributed by atoms with Crippen molar-refractivity contribution in [2.24, 2.45) is 0 Å². The maximum atomic E-state index is 12.4. The van der Waals surface area contributed by atoms with Crippen LogP contribution in [0, 0.1) is 0 Å². The van der Waals surface area contributed by atoms with Gasteiger partial charge in [0.05, 0.1) is 12.6 Å². The van der Waals surface area contributed by atoms with Gasteiger partial charge in [-0.25, -0.2) is 9.97 Å². The van der Waals surface area contributed by atoms with Crippen molar-refractivity contribution in [3.63, 3.8) is 0 Å². The van der Waals surface area contributed by atoms with Crippen molar-refractivity contribution >= 4 is 16.9 Å². The van der Waals surface area contributed by atoms with Crippen molar-refractivity contribution < 1.29 is 9.53 Å². The van der Waals surface area contributed by atoms with Crippen LogP contribution in [0.15, 0.2) is 79.3 Å². The van der Waals surface area contributed by atoms with Gasteiger partial charge in [0, 0.05) is 24.0 Å². The van der Waals surface area contributed by atoms with Crippen LogP contribution in [-0.4, -0.2) is 27.6 Å². The molecule has 0 radical (unpaired) electrons. The number of carbonyl (C=O) groups excluding carboxylic acids is 1. The number of fused-ring (bicyclic) bond motifs is 1. The second-order valence-corrected chi connectivity index (χ2v) is 5.92. The third-order valence-corrected chi connectivity index (χ3v) is 4.39. The summed E-state index contributed by atoms with van der Waals surface area (Å²) in [4.78, 5) is 21.0. The van der Waals surface area contributed by atoms with Crippen LogP contribution in [0.4, 0.5) is 0 Å². The number of hydrogen-bond donors (Lipinski definition) is 0. The Morgan fingerprint density at radius 1 is 0.962 bits per heavy atom. The number of methoxy groups -OCH3 is 1. The normalized spacial score (nSPS) is 12.0. The molecule has 0 saturated heterocycles. The van der Waals surface area contributed by atoms with Gasteiger partial charge < -0.3 is 4.74 Å². The van der Waals surface area contributed by atoms with Crippen molar-refractivity contribution in [3.8, 4) is 5.95 Å². The monoisotopic (exact) mass is 343 g/mol. The topological polar surface area (TPSA) is 57.0 Å². The molecule has 0 unspecified atom stereocenters. The second-order valence-electron chi connectivity index (χ2n) is 5.92. The number of benzene rings is 2. The minimum absolute atomic E-state index is 0.277. The molecule has 5 heteroatoms. The molecule has 0 fully saturated rings. The van der Waals surface area contributed by atoms with Gasteiger partial charge in [-0.3, -0.25) is 9.36 Å². The van der Waals surface area contributed by atoms with E-state index in [0.717, 1.165) is 22.0 Å². The number of carbonyl (C=O) groups is 1. The number of ether oxygens (including phenoxy) is 1. The maximum absolute atomic E-state index is 12.4. The van der Waals surface area contributed by atoms with E-state index < -0.39 is 5.92 Å². The van der Waals surface area contributed by atoms with E-state index in [1.54, 1.807) is 18.5 Å². The first-order valence-corrected chi connectivity index (χ1v) is 8.29. The van der Waals surface area contributed by atoms with E-state index >= 15 is 0 Å². The van der Waals surface area contributed by atoms with Crippen molar-refractivity contribution in [2.75, 3.05) is 7.11 Å². The van der Waals surface area contributed by atoms with Crippen molar-refractivity contribution in [1.29, 1.82) is 0 Å². The van der Waals surface area contributed by atoms with Crippen molar-refractivity contribution in [2.45, 2.75) is 5.92 Å². The van der Waals surface area contributed by atoms with E-state index in [1.165, 1.54) is 7.11 Å². The van der Waals surface area contributed by atoms with Crippen LogP contribution >= 0.6 is 0 Å². The fourth-order valence-electron chi connectivity index (χ4n) is 3.16. The Balaban J connectivity index is 1.80. The van der Waals surface area contributed by atoms with Crippen LogP contribution in [-0.2, 0) is 9.53 Å². The van der Waals surface area contributed by atoms with Gasteiger partial charge in [-0.2, -0.15) is 0 Å². The Morgan fingerprint density at radius 3 is 2.46 bits per heavy atom. The zero-order chi connectivity index (χ0) is 17.9. The summed E-state index contributed by atoms with van der Waals surface area (Å²) in [5.41, 5.74) is 2.78. The van der Waals surface area contributed by atoms with Crippen LogP contribution in [0.5, 0.6) is 0 Å². The lowest BCUT2D eigenvalue weighted by atomic mass is 9.91. The molecule has 2 aromatic carbocycles. The molecule has 5 nitrogen and oxygen atoms in total. The number of esters is 1. The minimum atomic E-state index is -0.457. The smallest absolute Gasteiger partial charge is 0.317 e.